The minimum absolute atomic E-state index is 0. The molecule has 2 aromatic carbocycles. The minimum atomic E-state index is 0. The number of halogens is 3. The highest BCUT2D eigenvalue weighted by Gasteiger charge is 2.16. The van der Waals surface area contributed by atoms with Crippen LogP contribution in [0.4, 0.5) is 0 Å². The fourth-order valence-electron chi connectivity index (χ4n) is 2.10. The zero-order valence-electron chi connectivity index (χ0n) is 12.7. The summed E-state index contributed by atoms with van der Waals surface area (Å²) in [5.74, 6) is 0.853. The van der Waals surface area contributed by atoms with E-state index in [0.717, 1.165) is 33.4 Å². The zero-order chi connectivity index (χ0) is 15.3. The largest absolute Gasteiger partial charge is 1.00 e. The second-order valence-corrected chi connectivity index (χ2v) is 6.62. The molecule has 0 aliphatic heterocycles. The summed E-state index contributed by atoms with van der Waals surface area (Å²) in [5.41, 5.74) is 1.27. The Hall–Kier alpha value is -0.930. The van der Waals surface area contributed by atoms with Gasteiger partial charge in [0.15, 0.2) is 0 Å². The molecule has 0 N–H and O–H groups in total. The number of ether oxygens (including phenoxy) is 1. The molecule has 0 aliphatic carbocycles. The van der Waals surface area contributed by atoms with Gasteiger partial charge in [-0.25, -0.2) is 0 Å². The van der Waals surface area contributed by atoms with Gasteiger partial charge in [-0.2, -0.15) is 0 Å². The lowest BCUT2D eigenvalue weighted by Crippen LogP contribution is -3.00. The van der Waals surface area contributed by atoms with Crippen LogP contribution in [0.3, 0.4) is 0 Å². The molecule has 0 aromatic heterocycles. The Morgan fingerprint density at radius 1 is 0.864 bits per heavy atom. The van der Waals surface area contributed by atoms with Crippen molar-refractivity contribution in [1.29, 1.82) is 0 Å². The molecule has 0 atom stereocenters. The normalized spacial score (nSPS) is 10.9. The van der Waals surface area contributed by atoms with Crippen molar-refractivity contribution in [1.82, 2.24) is 0 Å². The van der Waals surface area contributed by atoms with Crippen molar-refractivity contribution in [3.63, 3.8) is 0 Å². The molecule has 0 radical (unpaired) electrons. The van der Waals surface area contributed by atoms with E-state index in [4.69, 9.17) is 27.9 Å². The monoisotopic (exact) mass is 359 g/mol. The summed E-state index contributed by atoms with van der Waals surface area (Å²) in [7, 11) is 4.39. The highest BCUT2D eigenvalue weighted by atomic mass is 35.5. The summed E-state index contributed by atoms with van der Waals surface area (Å²) in [5, 5.41) is 1.50. The van der Waals surface area contributed by atoms with Crippen LogP contribution in [0, 0.1) is 0 Å². The summed E-state index contributed by atoms with van der Waals surface area (Å²) in [6.07, 6.45) is 0. The molecule has 0 bridgehead atoms. The van der Waals surface area contributed by atoms with Gasteiger partial charge in [-0.05, 0) is 36.4 Å². The van der Waals surface area contributed by atoms with Crippen LogP contribution in [0.2, 0.25) is 10.0 Å². The average Bonchev–Trinajstić information content (AvgIpc) is 2.43. The van der Waals surface area contributed by atoms with E-state index >= 15 is 0 Å². The number of hydrogen-bond donors (Lipinski definition) is 0. The third-order valence-corrected chi connectivity index (χ3v) is 3.81. The van der Waals surface area contributed by atoms with Crippen LogP contribution in [0.15, 0.2) is 48.5 Å². The number of hydrogen-bond acceptors (Lipinski definition) is 1. The van der Waals surface area contributed by atoms with Crippen molar-refractivity contribution in [3.8, 4) is 5.75 Å². The Labute approximate surface area is 148 Å². The summed E-state index contributed by atoms with van der Waals surface area (Å²) >= 11 is 11.8. The molecule has 22 heavy (non-hydrogen) atoms. The maximum Gasteiger partial charge on any atom is 0.137 e. The van der Waals surface area contributed by atoms with Crippen molar-refractivity contribution in [3.05, 3.63) is 64.1 Å². The lowest BCUT2D eigenvalue weighted by atomic mass is 10.2. The molecule has 2 aromatic rings. The number of quaternary nitrogens is 1. The van der Waals surface area contributed by atoms with Crippen molar-refractivity contribution >= 4 is 23.2 Å². The number of benzene rings is 2. The van der Waals surface area contributed by atoms with Gasteiger partial charge in [-0.1, -0.05) is 35.3 Å². The first kappa shape index (κ1) is 19.1. The number of nitrogens with zero attached hydrogens (tertiary/aromatic N) is 1. The van der Waals surface area contributed by atoms with E-state index in [-0.39, 0.29) is 12.4 Å². The fourth-order valence-corrected chi connectivity index (χ4v) is 2.36. The Balaban J connectivity index is 0.00000242. The van der Waals surface area contributed by atoms with E-state index in [1.807, 2.05) is 36.4 Å². The molecule has 0 saturated heterocycles. The van der Waals surface area contributed by atoms with Gasteiger partial charge in [0, 0.05) is 15.6 Å². The maximum atomic E-state index is 5.91. The summed E-state index contributed by atoms with van der Waals surface area (Å²) in [4.78, 5) is 0. The van der Waals surface area contributed by atoms with Crippen molar-refractivity contribution in [2.75, 3.05) is 27.2 Å². The second kappa shape index (κ2) is 8.64. The van der Waals surface area contributed by atoms with Crippen LogP contribution in [0.5, 0.6) is 5.75 Å². The van der Waals surface area contributed by atoms with Gasteiger partial charge in [0.25, 0.3) is 0 Å². The molecule has 0 amide bonds. The molecule has 2 rings (SSSR count). The molecule has 0 heterocycles. The van der Waals surface area contributed by atoms with Crippen LogP contribution in [-0.2, 0) is 6.54 Å². The quantitative estimate of drug-likeness (QED) is 0.712. The van der Waals surface area contributed by atoms with Crippen LogP contribution in [0.1, 0.15) is 5.56 Å². The molecule has 2 nitrogen and oxygen atoms in total. The van der Waals surface area contributed by atoms with Gasteiger partial charge in [0.05, 0.1) is 14.1 Å². The SMILES string of the molecule is C[N+](C)(CCOc1ccc(Cl)cc1)Cc1ccc(Cl)cc1.[Cl-]. The third-order valence-electron chi connectivity index (χ3n) is 3.30. The molecular weight excluding hydrogens is 341 g/mol. The fraction of sp³-hybridized carbons (Fsp3) is 0.294. The predicted molar refractivity (Wildman–Crippen MR) is 89.1 cm³/mol. The molecule has 0 unspecified atom stereocenters. The lowest BCUT2D eigenvalue weighted by Gasteiger charge is -2.29. The zero-order valence-corrected chi connectivity index (χ0v) is 15.0. The molecule has 0 fully saturated rings. The standard InChI is InChI=1S/C17H20Cl2NO.ClH/c1-20(2,13-14-3-5-15(18)6-4-14)11-12-21-17-9-7-16(19)8-10-17;/h3-10H,11-13H2,1-2H3;1H/q+1;/p-1. The van der Waals surface area contributed by atoms with E-state index in [1.165, 1.54) is 5.56 Å². The molecule has 5 heteroatoms. The minimum Gasteiger partial charge on any atom is -1.00 e. The summed E-state index contributed by atoms with van der Waals surface area (Å²) in [6.45, 7) is 2.54. The molecule has 0 aliphatic rings. The van der Waals surface area contributed by atoms with Crippen molar-refractivity contribution in [2.45, 2.75) is 6.54 Å². The van der Waals surface area contributed by atoms with Gasteiger partial charge in [-0.15, -0.1) is 0 Å². The molecule has 120 valence electrons. The number of likely N-dealkylation sites (N-methyl/N-ethyl adjacent to an activating group) is 1. The highest BCUT2D eigenvalue weighted by molar-refractivity contribution is 6.30. The van der Waals surface area contributed by atoms with Gasteiger partial charge in [0.2, 0.25) is 0 Å². The predicted octanol–water partition coefficient (Wildman–Crippen LogP) is 1.65. The van der Waals surface area contributed by atoms with Crippen molar-refractivity contribution in [2.24, 2.45) is 0 Å². The first-order valence-corrected chi connectivity index (χ1v) is 7.65. The van der Waals surface area contributed by atoms with E-state index in [1.54, 1.807) is 0 Å². The smallest absolute Gasteiger partial charge is 0.137 e. The Kier molecular flexibility index (Phi) is 7.51. The average molecular weight is 361 g/mol. The van der Waals surface area contributed by atoms with Gasteiger partial charge < -0.3 is 21.6 Å². The first-order valence-electron chi connectivity index (χ1n) is 6.89. The Morgan fingerprint density at radius 2 is 1.36 bits per heavy atom. The highest BCUT2D eigenvalue weighted by Crippen LogP contribution is 2.16. The van der Waals surface area contributed by atoms with Crippen LogP contribution in [-0.4, -0.2) is 31.7 Å². The van der Waals surface area contributed by atoms with E-state index < -0.39 is 0 Å². The Bertz CT molecular complexity index is 567. The summed E-state index contributed by atoms with van der Waals surface area (Å²) in [6, 6.07) is 15.5. The topological polar surface area (TPSA) is 9.23 Å². The van der Waals surface area contributed by atoms with Gasteiger partial charge in [0.1, 0.15) is 25.4 Å². The van der Waals surface area contributed by atoms with Crippen molar-refractivity contribution < 1.29 is 21.6 Å². The lowest BCUT2D eigenvalue weighted by molar-refractivity contribution is -0.903. The van der Waals surface area contributed by atoms with E-state index in [9.17, 15) is 0 Å². The van der Waals surface area contributed by atoms with E-state index in [0.29, 0.717) is 6.61 Å². The molecule has 0 saturated carbocycles. The second-order valence-electron chi connectivity index (χ2n) is 5.75. The van der Waals surface area contributed by atoms with Crippen LogP contribution in [0.25, 0.3) is 0 Å². The molecular formula is C17H20Cl3NO. The third kappa shape index (κ3) is 6.45. The molecule has 0 spiro atoms. The Morgan fingerprint density at radius 3 is 1.91 bits per heavy atom. The number of rotatable bonds is 6. The van der Waals surface area contributed by atoms with Gasteiger partial charge >= 0.3 is 0 Å². The first-order chi connectivity index (χ1) is 9.94. The van der Waals surface area contributed by atoms with Crippen LogP contribution >= 0.6 is 23.2 Å². The maximum absolute atomic E-state index is 5.91. The van der Waals surface area contributed by atoms with Gasteiger partial charge in [-0.3, -0.25) is 0 Å². The van der Waals surface area contributed by atoms with Crippen LogP contribution < -0.4 is 17.1 Å². The summed E-state index contributed by atoms with van der Waals surface area (Å²) < 4.78 is 6.61. The van der Waals surface area contributed by atoms with E-state index in [2.05, 4.69) is 26.2 Å².